The molecule has 0 saturated carbocycles. The summed E-state index contributed by atoms with van der Waals surface area (Å²) in [5.74, 6) is 0.871. The Kier molecular flexibility index (Phi) is 5.71. The summed E-state index contributed by atoms with van der Waals surface area (Å²) in [5, 5.41) is 9.23. The number of nitriles is 1. The molecular formula is C16H23N3O2. The summed E-state index contributed by atoms with van der Waals surface area (Å²) in [7, 11) is 0. The predicted octanol–water partition coefficient (Wildman–Crippen LogP) is 2.34. The molecule has 5 heteroatoms. The molecule has 0 saturated heterocycles. The topological polar surface area (TPSA) is 66.1 Å². The molecule has 0 atom stereocenters. The lowest BCUT2D eigenvalue weighted by Gasteiger charge is -2.28. The molecule has 1 aromatic heterocycles. The fraction of sp³-hybridized carbons (Fsp3) is 0.562. The van der Waals surface area contributed by atoms with Gasteiger partial charge in [0.25, 0.3) is 5.56 Å². The van der Waals surface area contributed by atoms with Crippen LogP contribution in [0.15, 0.2) is 4.79 Å². The highest BCUT2D eigenvalue weighted by Crippen LogP contribution is 2.23. The van der Waals surface area contributed by atoms with Crippen LogP contribution in [0.2, 0.25) is 0 Å². The van der Waals surface area contributed by atoms with Crippen molar-refractivity contribution in [2.24, 2.45) is 5.92 Å². The van der Waals surface area contributed by atoms with Gasteiger partial charge in [-0.3, -0.25) is 14.2 Å². The van der Waals surface area contributed by atoms with Crippen molar-refractivity contribution >= 4 is 12.1 Å². The Balaban J connectivity index is 3.84. The van der Waals surface area contributed by atoms with Gasteiger partial charge in [-0.2, -0.15) is 5.26 Å². The third kappa shape index (κ3) is 3.15. The largest absolute Gasteiger partial charge is 0.358 e. The number of aldehydes is 1. The van der Waals surface area contributed by atoms with Crippen LogP contribution in [0.25, 0.3) is 0 Å². The summed E-state index contributed by atoms with van der Waals surface area (Å²) in [6, 6.07) is 1.94. The third-order valence-electron chi connectivity index (χ3n) is 3.57. The maximum absolute atomic E-state index is 12.6. The lowest BCUT2D eigenvalue weighted by Crippen LogP contribution is -2.35. The standard InChI is InChI=1S/C16H23N3O2/c1-6-18(7-2)15-14(10-20)12(5)13(8-17)16(21)19(15)9-11(3)4/h10-11H,6-7,9H2,1-5H3. The maximum atomic E-state index is 12.6. The number of carbonyl (C=O) groups excluding carboxylic acids is 1. The zero-order valence-corrected chi connectivity index (χ0v) is 13.4. The number of pyridine rings is 1. The van der Waals surface area contributed by atoms with E-state index in [-0.39, 0.29) is 17.0 Å². The minimum atomic E-state index is -0.309. The second-order valence-corrected chi connectivity index (χ2v) is 5.45. The van der Waals surface area contributed by atoms with E-state index in [0.29, 0.717) is 36.6 Å². The Morgan fingerprint density at radius 1 is 1.33 bits per heavy atom. The molecule has 5 nitrogen and oxygen atoms in total. The molecule has 0 aromatic carbocycles. The third-order valence-corrected chi connectivity index (χ3v) is 3.57. The lowest BCUT2D eigenvalue weighted by atomic mass is 10.0. The molecule has 0 radical (unpaired) electrons. The summed E-state index contributed by atoms with van der Waals surface area (Å²) >= 11 is 0. The van der Waals surface area contributed by atoms with Crippen LogP contribution in [-0.2, 0) is 6.54 Å². The second-order valence-electron chi connectivity index (χ2n) is 5.45. The number of nitrogens with zero attached hydrogens (tertiary/aromatic N) is 3. The molecule has 0 amide bonds. The van der Waals surface area contributed by atoms with Crippen molar-refractivity contribution in [1.82, 2.24) is 4.57 Å². The molecule has 1 aromatic rings. The van der Waals surface area contributed by atoms with Crippen molar-refractivity contribution < 1.29 is 4.79 Å². The van der Waals surface area contributed by atoms with Gasteiger partial charge in [0.05, 0.1) is 5.56 Å². The first-order valence-electron chi connectivity index (χ1n) is 7.30. The van der Waals surface area contributed by atoms with Crippen molar-refractivity contribution in [1.29, 1.82) is 5.26 Å². The summed E-state index contributed by atoms with van der Waals surface area (Å²) in [6.07, 6.45) is 0.750. The molecule has 114 valence electrons. The van der Waals surface area contributed by atoms with E-state index in [2.05, 4.69) is 0 Å². The highest BCUT2D eigenvalue weighted by Gasteiger charge is 2.22. The van der Waals surface area contributed by atoms with E-state index in [4.69, 9.17) is 0 Å². The van der Waals surface area contributed by atoms with E-state index in [1.807, 2.05) is 38.7 Å². The molecule has 0 unspecified atom stereocenters. The van der Waals surface area contributed by atoms with Gasteiger partial charge < -0.3 is 4.90 Å². The van der Waals surface area contributed by atoms with Crippen molar-refractivity contribution in [3.05, 3.63) is 27.0 Å². The van der Waals surface area contributed by atoms with E-state index >= 15 is 0 Å². The average molecular weight is 289 g/mol. The number of aromatic nitrogens is 1. The van der Waals surface area contributed by atoms with Gasteiger partial charge in [0.2, 0.25) is 0 Å². The molecule has 0 aliphatic rings. The molecule has 1 rings (SSSR count). The summed E-state index contributed by atoms with van der Waals surface area (Å²) in [4.78, 5) is 26.1. The van der Waals surface area contributed by atoms with Gasteiger partial charge in [-0.15, -0.1) is 0 Å². The molecule has 0 spiro atoms. The average Bonchev–Trinajstić information content (AvgIpc) is 2.44. The normalized spacial score (nSPS) is 10.5. The molecule has 0 aliphatic heterocycles. The minimum Gasteiger partial charge on any atom is -0.358 e. The zero-order chi connectivity index (χ0) is 16.2. The quantitative estimate of drug-likeness (QED) is 0.754. The second kappa shape index (κ2) is 7.07. The van der Waals surface area contributed by atoms with Crippen LogP contribution in [0.1, 0.15) is 49.2 Å². The smallest absolute Gasteiger partial charge is 0.270 e. The first-order chi connectivity index (χ1) is 9.92. The van der Waals surface area contributed by atoms with Gasteiger partial charge >= 0.3 is 0 Å². The molecule has 1 heterocycles. The molecule has 0 bridgehead atoms. The van der Waals surface area contributed by atoms with E-state index in [9.17, 15) is 14.9 Å². The van der Waals surface area contributed by atoms with E-state index < -0.39 is 0 Å². The zero-order valence-electron chi connectivity index (χ0n) is 13.4. The monoisotopic (exact) mass is 289 g/mol. The summed E-state index contributed by atoms with van der Waals surface area (Å²) in [6.45, 7) is 11.5. The number of carbonyl (C=O) groups is 1. The first kappa shape index (κ1) is 17.0. The Morgan fingerprint density at radius 3 is 2.29 bits per heavy atom. The van der Waals surface area contributed by atoms with E-state index in [1.54, 1.807) is 11.5 Å². The summed E-state index contributed by atoms with van der Waals surface area (Å²) in [5.41, 5.74) is 0.666. The Morgan fingerprint density at radius 2 is 1.90 bits per heavy atom. The highest BCUT2D eigenvalue weighted by atomic mass is 16.1. The van der Waals surface area contributed by atoms with Gasteiger partial charge in [-0.1, -0.05) is 13.8 Å². The van der Waals surface area contributed by atoms with Crippen LogP contribution in [0.4, 0.5) is 5.82 Å². The van der Waals surface area contributed by atoms with Crippen LogP contribution < -0.4 is 10.5 Å². The molecule has 0 aliphatic carbocycles. The maximum Gasteiger partial charge on any atom is 0.270 e. The number of hydrogen-bond donors (Lipinski definition) is 0. The first-order valence-corrected chi connectivity index (χ1v) is 7.30. The number of anilines is 1. The van der Waals surface area contributed by atoms with Gasteiger partial charge in [0.1, 0.15) is 17.5 Å². The molecule has 21 heavy (non-hydrogen) atoms. The van der Waals surface area contributed by atoms with E-state index in [0.717, 1.165) is 6.29 Å². The van der Waals surface area contributed by atoms with Gasteiger partial charge in [-0.25, -0.2) is 0 Å². The number of rotatable bonds is 6. The van der Waals surface area contributed by atoms with Crippen molar-refractivity contribution in [3.8, 4) is 6.07 Å². The van der Waals surface area contributed by atoms with Crippen LogP contribution in [-0.4, -0.2) is 23.9 Å². The van der Waals surface area contributed by atoms with Gasteiger partial charge in [-0.05, 0) is 32.3 Å². The minimum absolute atomic E-state index is 0.0636. The Hall–Kier alpha value is -2.09. The number of hydrogen-bond acceptors (Lipinski definition) is 4. The Labute approximate surface area is 125 Å². The van der Waals surface area contributed by atoms with Crippen molar-refractivity contribution in [2.75, 3.05) is 18.0 Å². The Bertz CT molecular complexity index is 620. The van der Waals surface area contributed by atoms with Gasteiger partial charge in [0, 0.05) is 19.6 Å². The molecule has 0 N–H and O–H groups in total. The molecular weight excluding hydrogens is 266 g/mol. The fourth-order valence-corrected chi connectivity index (χ4v) is 2.51. The SMILES string of the molecule is CCN(CC)c1c(C=O)c(C)c(C#N)c(=O)n1CC(C)C. The fourth-order valence-electron chi connectivity index (χ4n) is 2.51. The van der Waals surface area contributed by atoms with Crippen molar-refractivity contribution in [2.45, 2.75) is 41.2 Å². The lowest BCUT2D eigenvalue weighted by molar-refractivity contribution is 0.112. The van der Waals surface area contributed by atoms with E-state index in [1.165, 1.54) is 0 Å². The van der Waals surface area contributed by atoms with Gasteiger partial charge in [0.15, 0.2) is 6.29 Å². The van der Waals surface area contributed by atoms with Crippen LogP contribution in [0.3, 0.4) is 0 Å². The van der Waals surface area contributed by atoms with Crippen LogP contribution in [0.5, 0.6) is 0 Å². The van der Waals surface area contributed by atoms with Crippen LogP contribution in [0, 0.1) is 24.2 Å². The highest BCUT2D eigenvalue weighted by molar-refractivity contribution is 5.86. The van der Waals surface area contributed by atoms with Crippen LogP contribution >= 0.6 is 0 Å². The van der Waals surface area contributed by atoms with Crippen molar-refractivity contribution in [3.63, 3.8) is 0 Å². The summed E-state index contributed by atoms with van der Waals surface area (Å²) < 4.78 is 1.58. The predicted molar refractivity (Wildman–Crippen MR) is 83.9 cm³/mol. The molecule has 0 fully saturated rings.